The Labute approximate surface area is 98.6 Å². The molecule has 1 heteroatoms. The normalized spacial score (nSPS) is 19.8. The average molecular weight is 215 g/mol. The highest BCUT2D eigenvalue weighted by Crippen LogP contribution is 2.38. The lowest BCUT2D eigenvalue weighted by molar-refractivity contribution is 0.402. The fourth-order valence-electron chi connectivity index (χ4n) is 2.61. The number of hydrogen-bond donors (Lipinski definition) is 1. The minimum atomic E-state index is 0.603. The Morgan fingerprint density at radius 1 is 1.50 bits per heavy atom. The summed E-state index contributed by atoms with van der Waals surface area (Å²) in [7, 11) is 2.07. The lowest BCUT2D eigenvalue weighted by Crippen LogP contribution is -2.38. The predicted molar refractivity (Wildman–Crippen MR) is 69.8 cm³/mol. The zero-order valence-corrected chi connectivity index (χ0v) is 10.3. The summed E-state index contributed by atoms with van der Waals surface area (Å²) in [4.78, 5) is 0. The number of likely N-dealkylation sites (N-methyl/N-ethyl adjacent to an activating group) is 1. The zero-order valence-electron chi connectivity index (χ0n) is 10.3. The van der Waals surface area contributed by atoms with Gasteiger partial charge in [0.1, 0.15) is 0 Å². The van der Waals surface area contributed by atoms with Gasteiger partial charge in [0.15, 0.2) is 0 Å². The molecular formula is C15H21N. The lowest BCUT2D eigenvalue weighted by Gasteiger charge is -2.36. The van der Waals surface area contributed by atoms with Crippen LogP contribution in [0.1, 0.15) is 36.8 Å². The SMILES string of the molecule is C=C(C)CCC(NC)C1Cc2ccccc21. The minimum Gasteiger partial charge on any atom is -0.316 e. The monoisotopic (exact) mass is 215 g/mol. The van der Waals surface area contributed by atoms with E-state index in [4.69, 9.17) is 0 Å². The van der Waals surface area contributed by atoms with Crippen molar-refractivity contribution in [3.05, 3.63) is 47.5 Å². The van der Waals surface area contributed by atoms with Gasteiger partial charge in [-0.05, 0) is 44.4 Å². The molecule has 1 aliphatic rings. The highest BCUT2D eigenvalue weighted by Gasteiger charge is 2.31. The first-order valence-electron chi connectivity index (χ1n) is 6.12. The first-order chi connectivity index (χ1) is 7.72. The van der Waals surface area contributed by atoms with Crippen molar-refractivity contribution >= 4 is 0 Å². The summed E-state index contributed by atoms with van der Waals surface area (Å²) in [6.45, 7) is 6.09. The highest BCUT2D eigenvalue weighted by atomic mass is 14.9. The topological polar surface area (TPSA) is 12.0 Å². The summed E-state index contributed by atoms with van der Waals surface area (Å²) in [5.74, 6) is 0.709. The van der Waals surface area contributed by atoms with Crippen LogP contribution in [0.3, 0.4) is 0 Å². The first-order valence-corrected chi connectivity index (χ1v) is 6.12. The van der Waals surface area contributed by atoms with E-state index in [1.807, 2.05) is 0 Å². The van der Waals surface area contributed by atoms with E-state index in [0.717, 1.165) is 6.42 Å². The second-order valence-corrected chi connectivity index (χ2v) is 4.90. The molecule has 2 unspecified atom stereocenters. The second kappa shape index (κ2) is 4.84. The Morgan fingerprint density at radius 2 is 2.25 bits per heavy atom. The molecule has 86 valence electrons. The maximum absolute atomic E-state index is 3.98. The van der Waals surface area contributed by atoms with E-state index < -0.39 is 0 Å². The zero-order chi connectivity index (χ0) is 11.5. The Bertz CT molecular complexity index is 381. The van der Waals surface area contributed by atoms with E-state index in [9.17, 15) is 0 Å². The van der Waals surface area contributed by atoms with E-state index in [-0.39, 0.29) is 0 Å². The van der Waals surface area contributed by atoms with Crippen LogP contribution in [-0.4, -0.2) is 13.1 Å². The number of hydrogen-bond acceptors (Lipinski definition) is 1. The molecule has 0 aromatic heterocycles. The van der Waals surface area contributed by atoms with Gasteiger partial charge in [-0.2, -0.15) is 0 Å². The van der Waals surface area contributed by atoms with Crippen molar-refractivity contribution in [2.45, 2.75) is 38.1 Å². The summed E-state index contributed by atoms with van der Waals surface area (Å²) in [5, 5.41) is 3.46. The summed E-state index contributed by atoms with van der Waals surface area (Å²) in [6, 6.07) is 9.41. The summed E-state index contributed by atoms with van der Waals surface area (Å²) in [5.41, 5.74) is 4.36. The molecule has 1 aromatic rings. The first kappa shape index (κ1) is 11.4. The number of benzene rings is 1. The van der Waals surface area contributed by atoms with Gasteiger partial charge in [0.05, 0.1) is 0 Å². The standard InChI is InChI=1S/C15H21N/c1-11(2)8-9-15(16-3)14-10-12-6-4-5-7-13(12)14/h4-7,14-16H,1,8-10H2,2-3H3. The molecule has 2 atom stereocenters. The molecule has 0 saturated carbocycles. The fraction of sp³-hybridized carbons (Fsp3) is 0.467. The van der Waals surface area contributed by atoms with E-state index in [0.29, 0.717) is 12.0 Å². The van der Waals surface area contributed by atoms with Gasteiger partial charge >= 0.3 is 0 Å². The number of nitrogens with one attached hydrogen (secondary N) is 1. The molecule has 0 aliphatic heterocycles. The lowest BCUT2D eigenvalue weighted by atomic mass is 9.72. The molecule has 0 saturated heterocycles. The predicted octanol–water partition coefficient (Wildman–Crippen LogP) is 3.27. The van der Waals surface area contributed by atoms with Crippen molar-refractivity contribution in [1.82, 2.24) is 5.32 Å². The smallest absolute Gasteiger partial charge is 0.0139 e. The molecule has 0 heterocycles. The third kappa shape index (κ3) is 2.19. The van der Waals surface area contributed by atoms with Crippen LogP contribution in [0, 0.1) is 0 Å². The van der Waals surface area contributed by atoms with Gasteiger partial charge in [0, 0.05) is 12.0 Å². The van der Waals surface area contributed by atoms with Crippen LogP contribution in [0.15, 0.2) is 36.4 Å². The van der Waals surface area contributed by atoms with Gasteiger partial charge in [-0.1, -0.05) is 29.8 Å². The van der Waals surface area contributed by atoms with E-state index in [2.05, 4.69) is 50.1 Å². The van der Waals surface area contributed by atoms with Crippen molar-refractivity contribution in [2.24, 2.45) is 0 Å². The molecule has 0 spiro atoms. The van der Waals surface area contributed by atoms with Gasteiger partial charge in [-0.15, -0.1) is 6.58 Å². The third-order valence-corrected chi connectivity index (χ3v) is 3.63. The Kier molecular flexibility index (Phi) is 3.45. The Balaban J connectivity index is 2.00. The number of rotatable bonds is 5. The number of allylic oxidation sites excluding steroid dienone is 1. The molecule has 0 fully saturated rings. The van der Waals surface area contributed by atoms with Crippen LogP contribution >= 0.6 is 0 Å². The van der Waals surface area contributed by atoms with Crippen molar-refractivity contribution < 1.29 is 0 Å². The van der Waals surface area contributed by atoms with Crippen LogP contribution in [0.5, 0.6) is 0 Å². The summed E-state index contributed by atoms with van der Waals surface area (Å²) in [6.07, 6.45) is 3.56. The molecular weight excluding hydrogens is 194 g/mol. The molecule has 1 aromatic carbocycles. The quantitative estimate of drug-likeness (QED) is 0.743. The average Bonchev–Trinajstić information content (AvgIpc) is 2.24. The van der Waals surface area contributed by atoms with E-state index >= 15 is 0 Å². The third-order valence-electron chi connectivity index (χ3n) is 3.63. The molecule has 0 bridgehead atoms. The fourth-order valence-corrected chi connectivity index (χ4v) is 2.61. The molecule has 1 aliphatic carbocycles. The van der Waals surface area contributed by atoms with Gasteiger partial charge in [0.2, 0.25) is 0 Å². The molecule has 16 heavy (non-hydrogen) atoms. The molecule has 2 rings (SSSR count). The van der Waals surface area contributed by atoms with Crippen molar-refractivity contribution in [3.8, 4) is 0 Å². The van der Waals surface area contributed by atoms with Gasteiger partial charge in [0.25, 0.3) is 0 Å². The maximum atomic E-state index is 3.98. The maximum Gasteiger partial charge on any atom is 0.0139 e. The van der Waals surface area contributed by atoms with Gasteiger partial charge in [-0.3, -0.25) is 0 Å². The van der Waals surface area contributed by atoms with Gasteiger partial charge in [-0.25, -0.2) is 0 Å². The van der Waals surface area contributed by atoms with Crippen molar-refractivity contribution in [2.75, 3.05) is 7.05 Å². The summed E-state index contributed by atoms with van der Waals surface area (Å²) < 4.78 is 0. The van der Waals surface area contributed by atoms with Crippen LogP contribution in [0.2, 0.25) is 0 Å². The molecule has 0 amide bonds. The largest absolute Gasteiger partial charge is 0.316 e. The van der Waals surface area contributed by atoms with E-state index in [1.54, 1.807) is 5.56 Å². The Morgan fingerprint density at radius 3 is 2.88 bits per heavy atom. The van der Waals surface area contributed by atoms with Crippen molar-refractivity contribution in [3.63, 3.8) is 0 Å². The van der Waals surface area contributed by atoms with Crippen LogP contribution in [0.25, 0.3) is 0 Å². The van der Waals surface area contributed by atoms with Crippen LogP contribution < -0.4 is 5.32 Å². The van der Waals surface area contributed by atoms with Crippen LogP contribution in [0.4, 0.5) is 0 Å². The van der Waals surface area contributed by atoms with E-state index in [1.165, 1.54) is 24.0 Å². The molecule has 0 radical (unpaired) electrons. The molecule has 1 nitrogen and oxygen atoms in total. The minimum absolute atomic E-state index is 0.603. The highest BCUT2D eigenvalue weighted by molar-refractivity contribution is 5.41. The van der Waals surface area contributed by atoms with Crippen LogP contribution in [-0.2, 0) is 6.42 Å². The second-order valence-electron chi connectivity index (χ2n) is 4.90. The van der Waals surface area contributed by atoms with Gasteiger partial charge < -0.3 is 5.32 Å². The number of fused-ring (bicyclic) bond motifs is 1. The van der Waals surface area contributed by atoms with Crippen molar-refractivity contribution in [1.29, 1.82) is 0 Å². The summed E-state index contributed by atoms with van der Waals surface area (Å²) >= 11 is 0. The molecule has 1 N–H and O–H groups in total. The Hall–Kier alpha value is -1.08.